The van der Waals surface area contributed by atoms with E-state index in [1.165, 1.54) is 50.6 Å². The SMILES string of the molecule is COc1ccc(N2C(=O)NC(=O)/C(=C\c3ccc(OCC(=O)Nc4ccc(Cl)c(Cl)c4)c(OC)c3)C2=O)cc1. The standard InChI is InChI=1S/C27H21Cl2N3O7/c1-37-18-7-5-17(6-8-18)32-26(35)19(25(34)31-27(32)36)11-15-3-10-22(23(12-15)38-2)39-14-24(33)30-16-4-9-20(28)21(29)13-16/h3-13H,14H2,1-2H3,(H,30,33)(H,31,34,36)/b19-11+. The number of rotatable bonds is 8. The maximum atomic E-state index is 13.1. The van der Waals surface area contributed by atoms with E-state index in [4.69, 9.17) is 37.4 Å². The molecule has 39 heavy (non-hydrogen) atoms. The molecule has 2 N–H and O–H groups in total. The molecule has 5 amide bonds. The van der Waals surface area contributed by atoms with Gasteiger partial charge in [-0.3, -0.25) is 19.7 Å². The van der Waals surface area contributed by atoms with Crippen LogP contribution in [0.25, 0.3) is 6.08 Å². The number of carbonyl (C=O) groups excluding carboxylic acids is 4. The van der Waals surface area contributed by atoms with E-state index in [9.17, 15) is 19.2 Å². The molecule has 10 nitrogen and oxygen atoms in total. The van der Waals surface area contributed by atoms with Gasteiger partial charge in [-0.1, -0.05) is 29.3 Å². The van der Waals surface area contributed by atoms with Gasteiger partial charge in [0, 0.05) is 5.69 Å². The normalized spacial score (nSPS) is 14.2. The van der Waals surface area contributed by atoms with E-state index in [0.717, 1.165) is 4.90 Å². The molecule has 1 aliphatic rings. The molecule has 3 aromatic rings. The van der Waals surface area contributed by atoms with Crippen LogP contribution in [0, 0.1) is 0 Å². The van der Waals surface area contributed by atoms with Gasteiger partial charge in [-0.05, 0) is 66.2 Å². The van der Waals surface area contributed by atoms with Crippen molar-refractivity contribution < 1.29 is 33.4 Å². The summed E-state index contributed by atoms with van der Waals surface area (Å²) in [7, 11) is 2.89. The number of hydrogen-bond acceptors (Lipinski definition) is 7. The molecule has 0 aromatic heterocycles. The Hall–Kier alpha value is -4.54. The molecule has 0 unspecified atom stereocenters. The Balaban J connectivity index is 1.49. The number of hydrogen-bond donors (Lipinski definition) is 2. The van der Waals surface area contributed by atoms with Crippen LogP contribution in [0.5, 0.6) is 17.2 Å². The average Bonchev–Trinajstić information content (AvgIpc) is 2.92. The summed E-state index contributed by atoms with van der Waals surface area (Å²) in [6.07, 6.45) is 1.32. The van der Waals surface area contributed by atoms with Gasteiger partial charge in [-0.15, -0.1) is 0 Å². The lowest BCUT2D eigenvalue weighted by Gasteiger charge is -2.26. The smallest absolute Gasteiger partial charge is 0.335 e. The predicted molar refractivity (Wildman–Crippen MR) is 146 cm³/mol. The van der Waals surface area contributed by atoms with Crippen molar-refractivity contribution >= 4 is 64.4 Å². The predicted octanol–water partition coefficient (Wildman–Crippen LogP) is 4.69. The zero-order valence-corrected chi connectivity index (χ0v) is 22.1. The maximum Gasteiger partial charge on any atom is 0.335 e. The Morgan fingerprint density at radius 1 is 0.923 bits per heavy atom. The molecule has 4 rings (SSSR count). The molecule has 12 heteroatoms. The van der Waals surface area contributed by atoms with Gasteiger partial charge in [0.25, 0.3) is 17.7 Å². The molecule has 0 saturated carbocycles. The third-order valence-corrected chi connectivity index (χ3v) is 6.23. The lowest BCUT2D eigenvalue weighted by atomic mass is 10.1. The second kappa shape index (κ2) is 11.9. The van der Waals surface area contributed by atoms with Crippen LogP contribution in [-0.4, -0.2) is 44.6 Å². The minimum absolute atomic E-state index is 0.249. The van der Waals surface area contributed by atoms with Crippen molar-refractivity contribution in [3.63, 3.8) is 0 Å². The quantitative estimate of drug-likeness (QED) is 0.298. The van der Waals surface area contributed by atoms with Crippen molar-refractivity contribution in [2.45, 2.75) is 0 Å². The molecule has 0 atom stereocenters. The number of benzene rings is 3. The summed E-state index contributed by atoms with van der Waals surface area (Å²) in [4.78, 5) is 51.2. The molecule has 0 aliphatic carbocycles. The Morgan fingerprint density at radius 3 is 2.33 bits per heavy atom. The van der Waals surface area contributed by atoms with E-state index < -0.39 is 23.8 Å². The van der Waals surface area contributed by atoms with Gasteiger partial charge in [0.2, 0.25) is 0 Å². The summed E-state index contributed by atoms with van der Waals surface area (Å²) in [5.41, 5.74) is 0.867. The highest BCUT2D eigenvalue weighted by Crippen LogP contribution is 2.30. The number of ether oxygens (including phenoxy) is 3. The second-order valence-corrected chi connectivity index (χ2v) is 8.85. The number of halogens is 2. The number of carbonyl (C=O) groups is 4. The monoisotopic (exact) mass is 569 g/mol. The fourth-order valence-corrected chi connectivity index (χ4v) is 3.90. The highest BCUT2D eigenvalue weighted by molar-refractivity contribution is 6.42. The minimum Gasteiger partial charge on any atom is -0.497 e. The van der Waals surface area contributed by atoms with Crippen LogP contribution in [0.1, 0.15) is 5.56 Å². The van der Waals surface area contributed by atoms with Crippen molar-refractivity contribution in [1.82, 2.24) is 5.32 Å². The fraction of sp³-hybridized carbons (Fsp3) is 0.111. The lowest BCUT2D eigenvalue weighted by Crippen LogP contribution is -2.54. The number of imide groups is 2. The number of nitrogens with one attached hydrogen (secondary N) is 2. The average molecular weight is 570 g/mol. The molecular formula is C27H21Cl2N3O7. The van der Waals surface area contributed by atoms with E-state index in [1.54, 1.807) is 30.3 Å². The highest BCUT2D eigenvalue weighted by atomic mass is 35.5. The molecule has 200 valence electrons. The number of barbiturate groups is 1. The first-order valence-corrected chi connectivity index (χ1v) is 12.1. The van der Waals surface area contributed by atoms with Crippen LogP contribution in [0.15, 0.2) is 66.2 Å². The fourth-order valence-electron chi connectivity index (χ4n) is 3.60. The van der Waals surface area contributed by atoms with Gasteiger partial charge in [0.15, 0.2) is 18.1 Å². The summed E-state index contributed by atoms with van der Waals surface area (Å²) in [5.74, 6) is -1.05. The third kappa shape index (κ3) is 6.31. The van der Waals surface area contributed by atoms with Gasteiger partial charge in [0.1, 0.15) is 11.3 Å². The van der Waals surface area contributed by atoms with Crippen LogP contribution >= 0.6 is 23.2 Å². The van der Waals surface area contributed by atoms with Crippen LogP contribution in [0.4, 0.5) is 16.2 Å². The Bertz CT molecular complexity index is 1490. The largest absolute Gasteiger partial charge is 0.497 e. The van der Waals surface area contributed by atoms with Crippen molar-refractivity contribution in [2.75, 3.05) is 31.0 Å². The van der Waals surface area contributed by atoms with Crippen molar-refractivity contribution in [3.05, 3.63) is 81.8 Å². The van der Waals surface area contributed by atoms with Crippen LogP contribution in [0.3, 0.4) is 0 Å². The maximum absolute atomic E-state index is 13.1. The van der Waals surface area contributed by atoms with Gasteiger partial charge in [0.05, 0.1) is 30.0 Å². The van der Waals surface area contributed by atoms with E-state index in [2.05, 4.69) is 10.6 Å². The van der Waals surface area contributed by atoms with Crippen LogP contribution < -0.4 is 29.7 Å². The van der Waals surface area contributed by atoms with Gasteiger partial charge < -0.3 is 19.5 Å². The molecule has 1 saturated heterocycles. The molecule has 1 aliphatic heterocycles. The van der Waals surface area contributed by atoms with E-state index in [0.29, 0.717) is 27.0 Å². The van der Waals surface area contributed by atoms with E-state index in [-0.39, 0.29) is 29.4 Å². The molecule has 0 bridgehead atoms. The summed E-state index contributed by atoms with van der Waals surface area (Å²) < 4.78 is 16.0. The topological polar surface area (TPSA) is 123 Å². The first kappa shape index (κ1) is 27.5. The molecule has 3 aromatic carbocycles. The molecular weight excluding hydrogens is 549 g/mol. The number of anilines is 2. The zero-order chi connectivity index (χ0) is 28.1. The second-order valence-electron chi connectivity index (χ2n) is 8.03. The number of amides is 5. The zero-order valence-electron chi connectivity index (χ0n) is 20.6. The number of nitrogens with zero attached hydrogens (tertiary/aromatic N) is 1. The first-order chi connectivity index (χ1) is 18.7. The number of methoxy groups -OCH3 is 2. The molecule has 1 fully saturated rings. The van der Waals surface area contributed by atoms with Crippen LogP contribution in [0.2, 0.25) is 10.0 Å². The van der Waals surface area contributed by atoms with Crippen molar-refractivity contribution in [1.29, 1.82) is 0 Å². The molecule has 0 spiro atoms. The summed E-state index contributed by atoms with van der Waals surface area (Å²) >= 11 is 11.8. The Morgan fingerprint density at radius 2 is 1.67 bits per heavy atom. The summed E-state index contributed by atoms with van der Waals surface area (Å²) in [5, 5.41) is 5.46. The first-order valence-electron chi connectivity index (χ1n) is 11.3. The Kier molecular flexibility index (Phi) is 8.38. The van der Waals surface area contributed by atoms with Crippen LogP contribution in [-0.2, 0) is 14.4 Å². The van der Waals surface area contributed by atoms with Crippen molar-refractivity contribution in [3.8, 4) is 17.2 Å². The third-order valence-electron chi connectivity index (χ3n) is 5.49. The molecule has 1 heterocycles. The summed E-state index contributed by atoms with van der Waals surface area (Å²) in [6.45, 7) is -0.336. The van der Waals surface area contributed by atoms with E-state index in [1.807, 2.05) is 0 Å². The van der Waals surface area contributed by atoms with Gasteiger partial charge in [-0.2, -0.15) is 0 Å². The highest BCUT2D eigenvalue weighted by Gasteiger charge is 2.36. The van der Waals surface area contributed by atoms with Gasteiger partial charge >= 0.3 is 6.03 Å². The van der Waals surface area contributed by atoms with E-state index >= 15 is 0 Å². The summed E-state index contributed by atoms with van der Waals surface area (Å²) in [6, 6.07) is 14.6. The Labute approximate surface area is 233 Å². The molecule has 0 radical (unpaired) electrons. The minimum atomic E-state index is -0.868. The lowest BCUT2D eigenvalue weighted by molar-refractivity contribution is -0.122. The number of urea groups is 1. The van der Waals surface area contributed by atoms with Crippen molar-refractivity contribution in [2.24, 2.45) is 0 Å². The van der Waals surface area contributed by atoms with Gasteiger partial charge in [-0.25, -0.2) is 9.69 Å².